The fraction of sp³-hybridized carbons (Fsp3) is 0.214. The number of aliphatic imine (C=N–C) groups is 1. The van der Waals surface area contributed by atoms with Crippen molar-refractivity contribution >= 4 is 44.9 Å². The standard InChI is InChI=1S/C28H25F3N6S2/c1-16-8-13-24(14-17(16)2)32-26(33-27-35-34-18(3)39-27)37-25(38-19(4)36-37)21-11-9-20(10-12-21)22-6-5-7-23(15-22)28(29,30)31/h5-15,25H,1-4H3,(H,32,33,35). The normalized spacial score (nSPS) is 16.0. The van der Waals surface area contributed by atoms with Crippen molar-refractivity contribution in [3.8, 4) is 11.1 Å². The number of aryl methyl sites for hydroxylation is 3. The Morgan fingerprint density at radius 1 is 0.897 bits per heavy atom. The van der Waals surface area contributed by atoms with E-state index in [1.807, 2.05) is 62.2 Å². The van der Waals surface area contributed by atoms with Gasteiger partial charge in [-0.2, -0.15) is 23.3 Å². The molecule has 0 saturated carbocycles. The summed E-state index contributed by atoms with van der Waals surface area (Å²) in [6.45, 7) is 7.91. The molecule has 1 N–H and O–H groups in total. The molecule has 1 unspecified atom stereocenters. The van der Waals surface area contributed by atoms with Crippen LogP contribution in [0.25, 0.3) is 11.1 Å². The van der Waals surface area contributed by atoms with Crippen molar-refractivity contribution in [2.24, 2.45) is 10.1 Å². The summed E-state index contributed by atoms with van der Waals surface area (Å²) >= 11 is 2.95. The maximum Gasteiger partial charge on any atom is 0.416 e. The van der Waals surface area contributed by atoms with Gasteiger partial charge in [-0.25, -0.2) is 5.01 Å². The van der Waals surface area contributed by atoms with Gasteiger partial charge in [-0.15, -0.1) is 10.2 Å². The van der Waals surface area contributed by atoms with Crippen LogP contribution in [-0.4, -0.2) is 26.2 Å². The number of guanidine groups is 1. The average Bonchev–Trinajstić information content (AvgIpc) is 3.50. The summed E-state index contributed by atoms with van der Waals surface area (Å²) in [6, 6.07) is 18.9. The summed E-state index contributed by atoms with van der Waals surface area (Å²) in [5.74, 6) is 0.491. The number of alkyl halides is 3. The predicted octanol–water partition coefficient (Wildman–Crippen LogP) is 8.33. The Bertz CT molecular complexity index is 1560. The molecule has 5 rings (SSSR count). The molecule has 4 aromatic rings. The first-order chi connectivity index (χ1) is 18.6. The number of rotatable bonds is 4. The van der Waals surface area contributed by atoms with Crippen LogP contribution in [0.2, 0.25) is 0 Å². The Morgan fingerprint density at radius 3 is 2.33 bits per heavy atom. The summed E-state index contributed by atoms with van der Waals surface area (Å²) in [6.07, 6.45) is -4.39. The van der Waals surface area contributed by atoms with Crippen LogP contribution >= 0.6 is 23.1 Å². The molecule has 0 aliphatic carbocycles. The highest BCUT2D eigenvalue weighted by Gasteiger charge is 2.32. The van der Waals surface area contributed by atoms with E-state index in [4.69, 9.17) is 10.1 Å². The van der Waals surface area contributed by atoms with E-state index >= 15 is 0 Å². The fourth-order valence-electron chi connectivity index (χ4n) is 4.03. The SMILES string of the molecule is CC1=NN(/C(=N/c2nnc(C)s2)Nc2ccc(C)c(C)c2)C(c2ccc(-c3cccc(C(F)(F)F)c3)cc2)S1. The van der Waals surface area contributed by atoms with Gasteiger partial charge in [0.2, 0.25) is 11.1 Å². The molecule has 1 aliphatic rings. The van der Waals surface area contributed by atoms with Crippen LogP contribution in [0.5, 0.6) is 0 Å². The number of hydrogen-bond acceptors (Lipinski definition) is 6. The lowest BCUT2D eigenvalue weighted by atomic mass is 10.0. The Labute approximate surface area is 232 Å². The largest absolute Gasteiger partial charge is 0.416 e. The van der Waals surface area contributed by atoms with Crippen LogP contribution < -0.4 is 5.32 Å². The highest BCUT2D eigenvalue weighted by molar-refractivity contribution is 8.14. The van der Waals surface area contributed by atoms with Crippen LogP contribution in [0.4, 0.5) is 24.0 Å². The number of halogens is 3. The first kappa shape index (κ1) is 26.9. The molecule has 0 radical (unpaired) electrons. The van der Waals surface area contributed by atoms with E-state index in [1.165, 1.54) is 29.0 Å². The van der Waals surface area contributed by atoms with E-state index in [0.717, 1.165) is 32.9 Å². The van der Waals surface area contributed by atoms with Crippen molar-refractivity contribution in [3.05, 3.63) is 94.0 Å². The van der Waals surface area contributed by atoms with Gasteiger partial charge in [-0.3, -0.25) is 0 Å². The average molecular weight is 567 g/mol. The Hall–Kier alpha value is -3.70. The summed E-state index contributed by atoms with van der Waals surface area (Å²) in [4.78, 5) is 4.77. The molecule has 1 aromatic heterocycles. The van der Waals surface area contributed by atoms with Crippen molar-refractivity contribution in [1.82, 2.24) is 15.2 Å². The highest BCUT2D eigenvalue weighted by atomic mass is 32.2. The van der Waals surface area contributed by atoms with Crippen molar-refractivity contribution in [1.29, 1.82) is 0 Å². The zero-order chi connectivity index (χ0) is 27.7. The molecule has 0 saturated heterocycles. The zero-order valence-electron chi connectivity index (χ0n) is 21.6. The van der Waals surface area contributed by atoms with Crippen LogP contribution in [0.15, 0.2) is 76.8 Å². The lowest BCUT2D eigenvalue weighted by Crippen LogP contribution is -2.32. The van der Waals surface area contributed by atoms with Gasteiger partial charge in [0.05, 0.1) is 10.6 Å². The van der Waals surface area contributed by atoms with Gasteiger partial charge in [-0.05, 0) is 79.8 Å². The number of hydrazone groups is 1. The zero-order valence-corrected chi connectivity index (χ0v) is 23.2. The van der Waals surface area contributed by atoms with Crippen molar-refractivity contribution in [3.63, 3.8) is 0 Å². The molecule has 0 bridgehead atoms. The number of aromatic nitrogens is 2. The first-order valence-electron chi connectivity index (χ1n) is 12.1. The summed E-state index contributed by atoms with van der Waals surface area (Å²) < 4.78 is 39.7. The van der Waals surface area contributed by atoms with E-state index in [1.54, 1.807) is 17.8 Å². The van der Waals surface area contributed by atoms with E-state index in [2.05, 4.69) is 28.5 Å². The quantitative estimate of drug-likeness (QED) is 0.199. The van der Waals surface area contributed by atoms with Crippen LogP contribution in [0.3, 0.4) is 0 Å². The van der Waals surface area contributed by atoms with Crippen molar-refractivity contribution < 1.29 is 13.2 Å². The second-order valence-corrected chi connectivity index (χ2v) is 11.5. The third-order valence-electron chi connectivity index (χ3n) is 6.17. The van der Waals surface area contributed by atoms with E-state index in [0.29, 0.717) is 22.2 Å². The summed E-state index contributed by atoms with van der Waals surface area (Å²) in [7, 11) is 0. The Kier molecular flexibility index (Phi) is 7.46. The highest BCUT2D eigenvalue weighted by Crippen LogP contribution is 2.41. The van der Waals surface area contributed by atoms with Gasteiger partial charge in [0, 0.05) is 5.69 Å². The number of nitrogens with one attached hydrogen (secondary N) is 1. The van der Waals surface area contributed by atoms with E-state index < -0.39 is 11.7 Å². The molecule has 0 fully saturated rings. The first-order valence-corrected chi connectivity index (χ1v) is 13.8. The molecule has 200 valence electrons. The summed E-state index contributed by atoms with van der Waals surface area (Å²) in [5, 5.41) is 20.1. The number of anilines is 1. The predicted molar refractivity (Wildman–Crippen MR) is 153 cm³/mol. The van der Waals surface area contributed by atoms with E-state index in [9.17, 15) is 13.2 Å². The fourth-order valence-corrected chi connectivity index (χ4v) is 5.59. The molecule has 2 heterocycles. The van der Waals surface area contributed by atoms with Crippen LogP contribution in [0.1, 0.15) is 39.6 Å². The lowest BCUT2D eigenvalue weighted by molar-refractivity contribution is -0.137. The second-order valence-electron chi connectivity index (χ2n) is 9.10. The minimum atomic E-state index is -4.39. The summed E-state index contributed by atoms with van der Waals surface area (Å²) in [5.41, 5.74) is 4.65. The van der Waals surface area contributed by atoms with Gasteiger partial charge < -0.3 is 5.32 Å². The molecule has 0 spiro atoms. The maximum atomic E-state index is 13.2. The molecular formula is C28H25F3N6S2. The van der Waals surface area contributed by atoms with Gasteiger partial charge in [-0.1, -0.05) is 65.6 Å². The number of benzene rings is 3. The Balaban J connectivity index is 1.48. The van der Waals surface area contributed by atoms with Crippen LogP contribution in [-0.2, 0) is 6.18 Å². The topological polar surface area (TPSA) is 65.8 Å². The van der Waals surface area contributed by atoms with Gasteiger partial charge in [0.15, 0.2) is 0 Å². The smallest absolute Gasteiger partial charge is 0.324 e. The molecule has 0 amide bonds. The third kappa shape index (κ3) is 6.15. The minimum Gasteiger partial charge on any atom is -0.324 e. The molecule has 3 aromatic carbocycles. The molecular weight excluding hydrogens is 541 g/mol. The van der Waals surface area contributed by atoms with Crippen LogP contribution in [0, 0.1) is 20.8 Å². The lowest BCUT2D eigenvalue weighted by Gasteiger charge is -2.25. The molecule has 39 heavy (non-hydrogen) atoms. The van der Waals surface area contributed by atoms with Crippen molar-refractivity contribution in [2.75, 3.05) is 5.32 Å². The van der Waals surface area contributed by atoms with Gasteiger partial charge in [0.25, 0.3) is 0 Å². The number of hydrogen-bond donors (Lipinski definition) is 1. The number of thioether (sulfide) groups is 1. The maximum absolute atomic E-state index is 13.2. The Morgan fingerprint density at radius 2 is 1.67 bits per heavy atom. The molecule has 6 nitrogen and oxygen atoms in total. The number of nitrogens with zero attached hydrogens (tertiary/aromatic N) is 5. The van der Waals surface area contributed by atoms with Gasteiger partial charge >= 0.3 is 6.18 Å². The second kappa shape index (κ2) is 10.8. The van der Waals surface area contributed by atoms with Crippen molar-refractivity contribution in [2.45, 2.75) is 39.2 Å². The minimum absolute atomic E-state index is 0.243. The molecule has 1 atom stereocenters. The monoisotopic (exact) mass is 566 g/mol. The van der Waals surface area contributed by atoms with E-state index in [-0.39, 0.29) is 5.37 Å². The third-order valence-corrected chi connectivity index (χ3v) is 8.02. The molecule has 1 aliphatic heterocycles. The van der Waals surface area contributed by atoms with Gasteiger partial charge in [0.1, 0.15) is 10.4 Å². The molecule has 11 heteroatoms.